The molecule has 0 aliphatic heterocycles. The minimum absolute atomic E-state index is 0.0161. The number of benzene rings is 1. The van der Waals surface area contributed by atoms with Gasteiger partial charge in [0.2, 0.25) is 0 Å². The maximum Gasteiger partial charge on any atom is 0.335 e. The molecule has 1 aromatic rings. The monoisotopic (exact) mass is 322 g/mol. The van der Waals surface area contributed by atoms with Crippen molar-refractivity contribution in [3.05, 3.63) is 34.3 Å². The van der Waals surface area contributed by atoms with Crippen molar-refractivity contribution in [3.63, 3.8) is 0 Å². The highest BCUT2D eigenvalue weighted by Gasteiger charge is 2.19. The molecule has 2 atom stereocenters. The van der Waals surface area contributed by atoms with Gasteiger partial charge in [0, 0.05) is 10.4 Å². The van der Waals surface area contributed by atoms with Crippen LogP contribution in [-0.2, 0) is 0 Å². The normalized spacial score (nSPS) is 14.4. The minimum atomic E-state index is -1.15. The van der Waals surface area contributed by atoms with Crippen molar-refractivity contribution in [2.24, 2.45) is 0 Å². The predicted molar refractivity (Wildman–Crippen MR) is 67.8 cm³/mol. The summed E-state index contributed by atoms with van der Waals surface area (Å²) >= 11 is 8.91. The van der Waals surface area contributed by atoms with E-state index in [2.05, 4.69) is 15.9 Å². The van der Waals surface area contributed by atoms with Crippen molar-refractivity contribution in [1.82, 2.24) is 0 Å². The molecule has 0 amide bonds. The molecule has 94 valence electrons. The first-order valence-electron chi connectivity index (χ1n) is 4.91. The zero-order valence-electron chi connectivity index (χ0n) is 8.81. The molecule has 0 bridgehead atoms. The van der Waals surface area contributed by atoms with Gasteiger partial charge in [0.05, 0.1) is 11.7 Å². The molecular formula is C11H12BrClO4. The van der Waals surface area contributed by atoms with Gasteiger partial charge >= 0.3 is 5.97 Å². The van der Waals surface area contributed by atoms with Crippen molar-refractivity contribution in [1.29, 1.82) is 0 Å². The van der Waals surface area contributed by atoms with Crippen LogP contribution in [0, 0.1) is 0 Å². The fraction of sp³-hybridized carbons (Fsp3) is 0.364. The second-order valence-corrected chi connectivity index (χ2v) is 4.80. The number of hydrogen-bond donors (Lipinski definition) is 3. The lowest BCUT2D eigenvalue weighted by molar-refractivity contribution is 0.0173. The van der Waals surface area contributed by atoms with E-state index >= 15 is 0 Å². The Hall–Kier alpha value is -0.620. The second kappa shape index (κ2) is 6.35. The van der Waals surface area contributed by atoms with Crippen LogP contribution in [-0.4, -0.2) is 32.7 Å². The van der Waals surface area contributed by atoms with Crippen LogP contribution in [0.1, 0.15) is 28.4 Å². The van der Waals surface area contributed by atoms with Crippen LogP contribution in [0.2, 0.25) is 5.02 Å². The van der Waals surface area contributed by atoms with Crippen molar-refractivity contribution in [3.8, 4) is 0 Å². The van der Waals surface area contributed by atoms with Gasteiger partial charge in [0.1, 0.15) is 6.10 Å². The Bertz CT molecular complexity index is 410. The van der Waals surface area contributed by atoms with Gasteiger partial charge in [-0.1, -0.05) is 27.5 Å². The first kappa shape index (κ1) is 14.4. The van der Waals surface area contributed by atoms with E-state index in [1.54, 1.807) is 0 Å². The van der Waals surface area contributed by atoms with E-state index in [1.165, 1.54) is 18.2 Å². The van der Waals surface area contributed by atoms with E-state index in [0.29, 0.717) is 17.3 Å². The lowest BCUT2D eigenvalue weighted by atomic mass is 10.0. The Balaban J connectivity index is 3.01. The summed E-state index contributed by atoms with van der Waals surface area (Å²) in [5, 5.41) is 29.0. The zero-order valence-corrected chi connectivity index (χ0v) is 11.1. The molecule has 1 aromatic carbocycles. The van der Waals surface area contributed by atoms with Crippen LogP contribution in [0.4, 0.5) is 0 Å². The largest absolute Gasteiger partial charge is 0.478 e. The number of carboxylic acids is 1. The Kier molecular flexibility index (Phi) is 5.39. The highest BCUT2D eigenvalue weighted by molar-refractivity contribution is 9.09. The third-order valence-corrected chi connectivity index (χ3v) is 2.95. The highest BCUT2D eigenvalue weighted by atomic mass is 79.9. The number of hydrogen-bond acceptors (Lipinski definition) is 3. The molecule has 0 aliphatic rings. The van der Waals surface area contributed by atoms with Crippen LogP contribution in [0.15, 0.2) is 18.2 Å². The quantitative estimate of drug-likeness (QED) is 0.726. The van der Waals surface area contributed by atoms with Crippen LogP contribution in [0.3, 0.4) is 0 Å². The Morgan fingerprint density at radius 2 is 2.00 bits per heavy atom. The summed E-state index contributed by atoms with van der Waals surface area (Å²) in [6.07, 6.45) is -1.75. The predicted octanol–water partition coefficient (Wildman–Crippen LogP) is 2.22. The van der Waals surface area contributed by atoms with Crippen molar-refractivity contribution in [2.45, 2.75) is 18.6 Å². The highest BCUT2D eigenvalue weighted by Crippen LogP contribution is 2.24. The topological polar surface area (TPSA) is 77.8 Å². The Labute approximate surface area is 112 Å². The molecule has 0 radical (unpaired) electrons. The fourth-order valence-corrected chi connectivity index (χ4v) is 2.11. The summed E-state index contributed by atoms with van der Waals surface area (Å²) in [5.41, 5.74) is 0.279. The Morgan fingerprint density at radius 1 is 1.35 bits per heavy atom. The molecule has 2 unspecified atom stereocenters. The van der Waals surface area contributed by atoms with Gasteiger partial charge in [0.25, 0.3) is 0 Å². The number of aromatic carboxylic acids is 1. The zero-order chi connectivity index (χ0) is 13.0. The van der Waals surface area contributed by atoms with Crippen LogP contribution < -0.4 is 0 Å². The molecule has 17 heavy (non-hydrogen) atoms. The van der Waals surface area contributed by atoms with E-state index in [-0.39, 0.29) is 10.6 Å². The molecule has 0 aliphatic carbocycles. The summed E-state index contributed by atoms with van der Waals surface area (Å²) in [7, 11) is 0. The van der Waals surface area contributed by atoms with Crippen molar-refractivity contribution in [2.75, 3.05) is 5.33 Å². The van der Waals surface area contributed by atoms with Gasteiger partial charge < -0.3 is 15.3 Å². The summed E-state index contributed by atoms with van der Waals surface area (Å²) in [5.74, 6) is -1.13. The van der Waals surface area contributed by atoms with Crippen LogP contribution >= 0.6 is 27.5 Å². The van der Waals surface area contributed by atoms with Gasteiger partial charge in [-0.2, -0.15) is 0 Å². The van der Waals surface area contributed by atoms with E-state index in [9.17, 15) is 15.0 Å². The van der Waals surface area contributed by atoms with E-state index in [1.807, 2.05) is 0 Å². The summed E-state index contributed by atoms with van der Waals surface area (Å²) in [4.78, 5) is 10.8. The molecule has 0 fully saturated rings. The van der Waals surface area contributed by atoms with Crippen LogP contribution in [0.5, 0.6) is 0 Å². The smallest absolute Gasteiger partial charge is 0.335 e. The third kappa shape index (κ3) is 3.96. The van der Waals surface area contributed by atoms with E-state index in [4.69, 9.17) is 16.7 Å². The molecule has 4 nitrogen and oxygen atoms in total. The second-order valence-electron chi connectivity index (χ2n) is 3.57. The lowest BCUT2D eigenvalue weighted by Gasteiger charge is -2.17. The molecule has 0 spiro atoms. The first-order valence-corrected chi connectivity index (χ1v) is 6.41. The van der Waals surface area contributed by atoms with Gasteiger partial charge in [-0.25, -0.2) is 4.79 Å². The first-order chi connectivity index (χ1) is 7.95. The maximum atomic E-state index is 10.8. The molecule has 0 saturated heterocycles. The fourth-order valence-electron chi connectivity index (χ4n) is 1.40. The summed E-state index contributed by atoms with van der Waals surface area (Å²) in [6.45, 7) is 0. The molecular weight excluding hydrogens is 311 g/mol. The number of carboxylic acid groups (broad SMARTS) is 1. The molecule has 0 saturated carbocycles. The standard InChI is InChI=1S/C11H12BrClO4/c12-2-1-9(14)10(15)6-3-7(11(16)17)5-8(13)4-6/h3-5,9-10,14-15H,1-2H2,(H,16,17). The van der Waals surface area contributed by atoms with Gasteiger partial charge in [0.15, 0.2) is 0 Å². The number of halogens is 2. The molecule has 0 aromatic heterocycles. The average molecular weight is 324 g/mol. The van der Waals surface area contributed by atoms with Gasteiger partial charge in [-0.15, -0.1) is 0 Å². The minimum Gasteiger partial charge on any atom is -0.478 e. The molecule has 0 heterocycles. The number of carbonyl (C=O) groups is 1. The number of alkyl halides is 1. The molecule has 1 rings (SSSR count). The summed E-state index contributed by atoms with van der Waals surface area (Å²) < 4.78 is 0. The number of aliphatic hydroxyl groups excluding tert-OH is 2. The van der Waals surface area contributed by atoms with Crippen molar-refractivity contribution < 1.29 is 20.1 Å². The third-order valence-electron chi connectivity index (χ3n) is 2.28. The SMILES string of the molecule is O=C(O)c1cc(Cl)cc(C(O)C(O)CCBr)c1. The average Bonchev–Trinajstić information content (AvgIpc) is 2.27. The Morgan fingerprint density at radius 3 is 2.53 bits per heavy atom. The van der Waals surface area contributed by atoms with E-state index in [0.717, 1.165) is 0 Å². The molecule has 6 heteroatoms. The van der Waals surface area contributed by atoms with Gasteiger partial charge in [-0.3, -0.25) is 0 Å². The lowest BCUT2D eigenvalue weighted by Crippen LogP contribution is -2.19. The molecule has 3 N–H and O–H groups in total. The number of rotatable bonds is 5. The maximum absolute atomic E-state index is 10.8. The number of aliphatic hydroxyl groups is 2. The summed E-state index contributed by atoms with van der Waals surface area (Å²) in [6, 6.07) is 4.03. The van der Waals surface area contributed by atoms with Crippen LogP contribution in [0.25, 0.3) is 0 Å². The van der Waals surface area contributed by atoms with E-state index < -0.39 is 18.2 Å². The van der Waals surface area contributed by atoms with Gasteiger partial charge in [-0.05, 0) is 30.2 Å². The van der Waals surface area contributed by atoms with Crippen molar-refractivity contribution >= 4 is 33.5 Å².